The number of amides is 2. The lowest BCUT2D eigenvalue weighted by Crippen LogP contribution is -2.39. The van der Waals surface area contributed by atoms with E-state index < -0.39 is 0 Å². The smallest absolute Gasteiger partial charge is 0.318 e. The molecule has 2 aromatic rings. The van der Waals surface area contributed by atoms with Gasteiger partial charge < -0.3 is 19.5 Å². The minimum Gasteiger partial charge on any atom is -0.377 e. The zero-order valence-corrected chi connectivity index (χ0v) is 14.8. The summed E-state index contributed by atoms with van der Waals surface area (Å²) in [5, 5.41) is 6.98. The van der Waals surface area contributed by atoms with E-state index >= 15 is 0 Å². The zero-order chi connectivity index (χ0) is 17.6. The van der Waals surface area contributed by atoms with Crippen LogP contribution in [0, 0.1) is 6.92 Å². The Kier molecular flexibility index (Phi) is 5.71. The molecule has 1 saturated heterocycles. The van der Waals surface area contributed by atoms with Crippen molar-refractivity contribution in [3.05, 3.63) is 52.9 Å². The number of nitrogens with one attached hydrogen (secondary N) is 1. The van der Waals surface area contributed by atoms with Crippen molar-refractivity contribution in [2.24, 2.45) is 0 Å². The van der Waals surface area contributed by atoms with Gasteiger partial charge in [-0.3, -0.25) is 0 Å². The molecule has 25 heavy (non-hydrogen) atoms. The highest BCUT2D eigenvalue weighted by Gasteiger charge is 2.32. The van der Waals surface area contributed by atoms with Gasteiger partial charge in [0.05, 0.1) is 18.3 Å². The fourth-order valence-corrected chi connectivity index (χ4v) is 3.20. The van der Waals surface area contributed by atoms with Crippen LogP contribution < -0.4 is 5.32 Å². The number of hydrogen-bond donors (Lipinski definition) is 1. The van der Waals surface area contributed by atoms with Gasteiger partial charge in [-0.05, 0) is 37.8 Å². The number of nitrogens with zero attached hydrogens (tertiary/aromatic N) is 2. The molecule has 0 spiro atoms. The van der Waals surface area contributed by atoms with Crippen molar-refractivity contribution in [3.63, 3.8) is 0 Å². The molecule has 0 radical (unpaired) electrons. The number of aryl methyl sites for hydroxylation is 1. The summed E-state index contributed by atoms with van der Waals surface area (Å²) in [6, 6.07) is 9.84. The predicted molar refractivity (Wildman–Crippen MR) is 93.9 cm³/mol. The molecule has 0 aliphatic carbocycles. The molecule has 0 unspecified atom stereocenters. The third kappa shape index (κ3) is 4.20. The Balaban J connectivity index is 1.62. The SMILES string of the molecule is CCOCc1ccccc1CNC(=O)N1CCC[C@@H]1c1cc(C)no1. The molecule has 1 aliphatic rings. The van der Waals surface area contributed by atoms with Crippen LogP contribution in [0.4, 0.5) is 4.79 Å². The van der Waals surface area contributed by atoms with Crippen molar-refractivity contribution in [1.82, 2.24) is 15.4 Å². The largest absolute Gasteiger partial charge is 0.377 e. The van der Waals surface area contributed by atoms with Gasteiger partial charge in [-0.1, -0.05) is 29.4 Å². The summed E-state index contributed by atoms with van der Waals surface area (Å²) in [5.41, 5.74) is 3.02. The molecule has 6 nitrogen and oxygen atoms in total. The van der Waals surface area contributed by atoms with Crippen LogP contribution in [0.3, 0.4) is 0 Å². The number of carbonyl (C=O) groups excluding carboxylic acids is 1. The lowest BCUT2D eigenvalue weighted by Gasteiger charge is -2.23. The summed E-state index contributed by atoms with van der Waals surface area (Å²) in [6.45, 7) is 6.32. The van der Waals surface area contributed by atoms with Crippen LogP contribution in [-0.2, 0) is 17.9 Å². The highest BCUT2D eigenvalue weighted by molar-refractivity contribution is 5.75. The molecule has 0 bridgehead atoms. The second-order valence-electron chi connectivity index (χ2n) is 6.29. The first-order valence-corrected chi connectivity index (χ1v) is 8.81. The lowest BCUT2D eigenvalue weighted by atomic mass is 10.1. The Labute approximate surface area is 148 Å². The number of likely N-dealkylation sites (tertiary alicyclic amines) is 1. The summed E-state index contributed by atoms with van der Waals surface area (Å²) >= 11 is 0. The normalized spacial score (nSPS) is 17.0. The Morgan fingerprint density at radius 1 is 1.40 bits per heavy atom. The van der Waals surface area contributed by atoms with E-state index in [2.05, 4.69) is 10.5 Å². The summed E-state index contributed by atoms with van der Waals surface area (Å²) in [4.78, 5) is 14.5. The number of carbonyl (C=O) groups is 1. The number of ether oxygens (including phenoxy) is 1. The average molecular weight is 343 g/mol. The maximum absolute atomic E-state index is 12.7. The lowest BCUT2D eigenvalue weighted by molar-refractivity contribution is 0.133. The number of urea groups is 1. The first kappa shape index (κ1) is 17.5. The van der Waals surface area contributed by atoms with Crippen LogP contribution in [-0.4, -0.2) is 29.2 Å². The van der Waals surface area contributed by atoms with E-state index in [9.17, 15) is 4.79 Å². The molecule has 134 valence electrons. The number of benzene rings is 1. The van der Waals surface area contributed by atoms with Gasteiger partial charge in [-0.2, -0.15) is 0 Å². The minimum atomic E-state index is -0.0669. The van der Waals surface area contributed by atoms with Gasteiger partial charge in [0.2, 0.25) is 0 Å². The minimum absolute atomic E-state index is 0.0279. The van der Waals surface area contributed by atoms with Gasteiger partial charge in [0.15, 0.2) is 5.76 Å². The molecule has 1 aromatic carbocycles. The molecule has 1 atom stereocenters. The van der Waals surface area contributed by atoms with Crippen LogP contribution in [0.2, 0.25) is 0 Å². The third-order valence-electron chi connectivity index (χ3n) is 4.50. The number of hydrogen-bond acceptors (Lipinski definition) is 4. The summed E-state index contributed by atoms with van der Waals surface area (Å²) in [7, 11) is 0. The topological polar surface area (TPSA) is 67.6 Å². The van der Waals surface area contributed by atoms with E-state index in [-0.39, 0.29) is 12.1 Å². The molecule has 2 amide bonds. The summed E-state index contributed by atoms with van der Waals surface area (Å²) < 4.78 is 10.9. The summed E-state index contributed by atoms with van der Waals surface area (Å²) in [6.07, 6.45) is 1.88. The van der Waals surface area contributed by atoms with Gasteiger partial charge >= 0.3 is 6.03 Å². The van der Waals surface area contributed by atoms with Gasteiger partial charge in [0.1, 0.15) is 0 Å². The van der Waals surface area contributed by atoms with Crippen molar-refractivity contribution < 1.29 is 14.1 Å². The van der Waals surface area contributed by atoms with Crippen molar-refractivity contribution in [3.8, 4) is 0 Å². The quantitative estimate of drug-likeness (QED) is 0.871. The first-order chi connectivity index (χ1) is 12.2. The maximum Gasteiger partial charge on any atom is 0.318 e. The Hall–Kier alpha value is -2.34. The molecule has 2 heterocycles. The highest BCUT2D eigenvalue weighted by atomic mass is 16.5. The standard InChI is InChI=1S/C19H25N3O3/c1-3-24-13-16-8-5-4-7-15(16)12-20-19(23)22-10-6-9-17(22)18-11-14(2)21-25-18/h4-5,7-8,11,17H,3,6,9-10,12-13H2,1-2H3,(H,20,23)/t17-/m1/s1. The molecule has 0 saturated carbocycles. The van der Waals surface area contributed by atoms with Crippen LogP contribution in [0.25, 0.3) is 0 Å². The summed E-state index contributed by atoms with van der Waals surface area (Å²) in [5.74, 6) is 0.766. The average Bonchev–Trinajstić information content (AvgIpc) is 3.27. The zero-order valence-electron chi connectivity index (χ0n) is 14.8. The van der Waals surface area contributed by atoms with Gasteiger partial charge in [-0.15, -0.1) is 0 Å². The molecule has 1 aromatic heterocycles. The molecular formula is C19H25N3O3. The van der Waals surface area contributed by atoms with E-state index in [1.165, 1.54) is 0 Å². The van der Waals surface area contributed by atoms with Crippen molar-refractivity contribution >= 4 is 6.03 Å². The molecule has 1 fully saturated rings. The molecule has 1 aliphatic heterocycles. The van der Waals surface area contributed by atoms with E-state index in [1.807, 2.05) is 49.1 Å². The van der Waals surface area contributed by atoms with Crippen molar-refractivity contribution in [2.75, 3.05) is 13.2 Å². The fraction of sp³-hybridized carbons (Fsp3) is 0.474. The monoisotopic (exact) mass is 343 g/mol. The van der Waals surface area contributed by atoms with Crippen LogP contribution >= 0.6 is 0 Å². The third-order valence-corrected chi connectivity index (χ3v) is 4.50. The Morgan fingerprint density at radius 3 is 2.92 bits per heavy atom. The Bertz CT molecular complexity index is 713. The van der Waals surface area contributed by atoms with E-state index in [0.29, 0.717) is 19.8 Å². The molecule has 3 rings (SSSR count). The number of aromatic nitrogens is 1. The molecule has 1 N–H and O–H groups in total. The van der Waals surface area contributed by atoms with Crippen molar-refractivity contribution in [1.29, 1.82) is 0 Å². The number of rotatable bonds is 6. The fourth-order valence-electron chi connectivity index (χ4n) is 3.20. The van der Waals surface area contributed by atoms with Crippen LogP contribution in [0.5, 0.6) is 0 Å². The van der Waals surface area contributed by atoms with E-state index in [4.69, 9.17) is 9.26 Å². The second-order valence-corrected chi connectivity index (χ2v) is 6.29. The first-order valence-electron chi connectivity index (χ1n) is 8.81. The van der Waals surface area contributed by atoms with Crippen LogP contribution in [0.1, 0.15) is 48.4 Å². The second kappa shape index (κ2) is 8.16. The maximum atomic E-state index is 12.7. The van der Waals surface area contributed by atoms with Gasteiger partial charge in [0.25, 0.3) is 0 Å². The van der Waals surface area contributed by atoms with Gasteiger partial charge in [0, 0.05) is 25.8 Å². The molecule has 6 heteroatoms. The molecular weight excluding hydrogens is 318 g/mol. The van der Waals surface area contributed by atoms with E-state index in [0.717, 1.165) is 42.0 Å². The Morgan fingerprint density at radius 2 is 2.20 bits per heavy atom. The highest BCUT2D eigenvalue weighted by Crippen LogP contribution is 2.32. The predicted octanol–water partition coefficient (Wildman–Crippen LogP) is 3.57. The van der Waals surface area contributed by atoms with Gasteiger partial charge in [-0.25, -0.2) is 4.79 Å². The van der Waals surface area contributed by atoms with Crippen molar-refractivity contribution in [2.45, 2.75) is 45.9 Å². The van der Waals surface area contributed by atoms with E-state index in [1.54, 1.807) is 0 Å². The van der Waals surface area contributed by atoms with Crippen LogP contribution in [0.15, 0.2) is 34.9 Å².